The highest BCUT2D eigenvalue weighted by molar-refractivity contribution is 5.77. The molecule has 0 saturated heterocycles. The van der Waals surface area contributed by atoms with E-state index in [4.69, 9.17) is 14.2 Å². The van der Waals surface area contributed by atoms with Gasteiger partial charge in [0.05, 0.1) is 0 Å². The predicted octanol–water partition coefficient (Wildman–Crippen LogP) is 11.0. The molecule has 0 spiro atoms. The molecule has 0 radical (unpaired) electrons. The zero-order chi connectivity index (χ0) is 27.4. The number of fused-ring (bicyclic) bond motifs is 1. The number of hydrogen-bond acceptors (Lipinski definition) is 3. The molecular formula is C35H58O3. The Morgan fingerprint density at radius 3 is 1.68 bits per heavy atom. The van der Waals surface area contributed by atoms with Gasteiger partial charge in [-0.25, -0.2) is 0 Å². The Bertz CT molecular complexity index is 817. The van der Waals surface area contributed by atoms with Crippen LogP contribution in [0.3, 0.4) is 0 Å². The topological polar surface area (TPSA) is 27.7 Å². The highest BCUT2D eigenvalue weighted by atomic mass is 16.8. The molecule has 0 fully saturated rings. The minimum Gasteiger partial charge on any atom is -0.465 e. The van der Waals surface area contributed by atoms with Crippen LogP contribution in [0.25, 0.3) is 11.1 Å². The van der Waals surface area contributed by atoms with Crippen LogP contribution < -0.4 is 4.74 Å². The zero-order valence-corrected chi connectivity index (χ0v) is 25.5. The second-order valence-corrected chi connectivity index (χ2v) is 11.3. The molecule has 0 heterocycles. The van der Waals surface area contributed by atoms with Crippen molar-refractivity contribution in [1.82, 2.24) is 0 Å². The fourth-order valence-electron chi connectivity index (χ4n) is 5.43. The second-order valence-electron chi connectivity index (χ2n) is 11.3. The van der Waals surface area contributed by atoms with E-state index in [2.05, 4.69) is 44.2 Å². The van der Waals surface area contributed by atoms with Crippen LogP contribution in [-0.2, 0) is 15.9 Å². The first-order chi connectivity index (χ1) is 18.5. The van der Waals surface area contributed by atoms with Gasteiger partial charge in [-0.1, -0.05) is 139 Å². The fraction of sp³-hybridized carbons (Fsp3) is 0.714. The first-order valence-corrected chi connectivity index (χ1v) is 15.9. The Balaban J connectivity index is 1.60. The first kappa shape index (κ1) is 32.6. The molecule has 0 aromatic carbocycles. The van der Waals surface area contributed by atoms with Gasteiger partial charge in [-0.15, -0.1) is 0 Å². The van der Waals surface area contributed by atoms with Crippen molar-refractivity contribution in [3.63, 3.8) is 0 Å². The molecule has 2 unspecified atom stereocenters. The van der Waals surface area contributed by atoms with Crippen molar-refractivity contribution in [1.29, 1.82) is 0 Å². The summed E-state index contributed by atoms with van der Waals surface area (Å²) in [6.45, 7) is 8.25. The minimum atomic E-state index is -0.376. The minimum absolute atomic E-state index is 0.297. The van der Waals surface area contributed by atoms with Crippen molar-refractivity contribution in [3.05, 3.63) is 41.5 Å². The molecule has 0 bridgehead atoms. The van der Waals surface area contributed by atoms with Crippen LogP contribution in [0.2, 0.25) is 0 Å². The summed E-state index contributed by atoms with van der Waals surface area (Å²) in [5.41, 5.74) is 5.10. The number of aryl methyl sites for hydroxylation is 2. The van der Waals surface area contributed by atoms with Gasteiger partial charge in [0, 0.05) is 12.7 Å². The Labute approximate surface area is 235 Å². The molecule has 0 aromatic rings. The lowest BCUT2D eigenvalue weighted by Gasteiger charge is -2.20. The van der Waals surface area contributed by atoms with Crippen molar-refractivity contribution in [3.8, 4) is 16.9 Å². The van der Waals surface area contributed by atoms with Crippen molar-refractivity contribution in [2.45, 2.75) is 156 Å². The summed E-state index contributed by atoms with van der Waals surface area (Å²) in [5, 5.41) is 0. The molecule has 216 valence electrons. The normalized spacial score (nSPS) is 13.2. The Morgan fingerprint density at radius 1 is 0.632 bits per heavy atom. The van der Waals surface area contributed by atoms with Gasteiger partial charge in [-0.2, -0.15) is 0 Å². The van der Waals surface area contributed by atoms with E-state index in [0.29, 0.717) is 0 Å². The van der Waals surface area contributed by atoms with Crippen molar-refractivity contribution < 1.29 is 14.2 Å². The maximum Gasteiger partial charge on any atom is 0.199 e. The molecule has 0 N–H and O–H groups in total. The zero-order valence-electron chi connectivity index (χ0n) is 25.5. The Morgan fingerprint density at radius 2 is 1.16 bits per heavy atom. The Hall–Kier alpha value is -1.58. The summed E-state index contributed by atoms with van der Waals surface area (Å²) in [5.74, 6) is 0.899. The fourth-order valence-corrected chi connectivity index (χ4v) is 5.43. The lowest BCUT2D eigenvalue weighted by atomic mass is 10.0. The van der Waals surface area contributed by atoms with Crippen LogP contribution in [0.15, 0.2) is 30.3 Å². The average molecular weight is 527 g/mol. The lowest BCUT2D eigenvalue weighted by molar-refractivity contribution is -0.192. The quantitative estimate of drug-likeness (QED) is 0.106. The molecule has 38 heavy (non-hydrogen) atoms. The van der Waals surface area contributed by atoms with E-state index < -0.39 is 0 Å². The standard InChI is InChI=1S/C35H58O3/c1-6-7-8-9-10-11-12-13-14-15-16-17-18-19-20-21-22-23-32-25-26-33-28-29(2)24-27-34(35(32)33)38-31(4)37-30(3)36-5/h24-28,30-31H,6-23H2,1-5H3. The summed E-state index contributed by atoms with van der Waals surface area (Å²) in [4.78, 5) is 0. The molecule has 2 rings (SSSR count). The van der Waals surface area contributed by atoms with Gasteiger partial charge in [-0.05, 0) is 50.8 Å². The third-order valence-electron chi connectivity index (χ3n) is 7.76. The van der Waals surface area contributed by atoms with Gasteiger partial charge in [0.1, 0.15) is 5.75 Å². The molecular weight excluding hydrogens is 468 g/mol. The van der Waals surface area contributed by atoms with Crippen LogP contribution in [0.1, 0.15) is 141 Å². The SMILES string of the molecule is CCCCCCCCCCCCCCCCCCCc1ccc2cc(C)ccc(OC(C)OC(C)OC)c1-2. The van der Waals surface area contributed by atoms with Gasteiger partial charge in [0.2, 0.25) is 0 Å². The van der Waals surface area contributed by atoms with Gasteiger partial charge in [0.25, 0.3) is 0 Å². The molecule has 0 aromatic heterocycles. The van der Waals surface area contributed by atoms with Crippen molar-refractivity contribution in [2.75, 3.05) is 7.11 Å². The van der Waals surface area contributed by atoms with Crippen LogP contribution in [0.5, 0.6) is 5.75 Å². The van der Waals surface area contributed by atoms with Gasteiger partial charge < -0.3 is 14.2 Å². The van der Waals surface area contributed by atoms with E-state index in [1.807, 2.05) is 13.8 Å². The van der Waals surface area contributed by atoms with E-state index >= 15 is 0 Å². The summed E-state index contributed by atoms with van der Waals surface area (Å²) < 4.78 is 17.3. The molecule has 2 aliphatic carbocycles. The third-order valence-corrected chi connectivity index (χ3v) is 7.76. The summed E-state index contributed by atoms with van der Waals surface area (Å²) in [6, 6.07) is 11.0. The maximum absolute atomic E-state index is 6.25. The Kier molecular flexibility index (Phi) is 17.5. The third kappa shape index (κ3) is 13.5. The van der Waals surface area contributed by atoms with E-state index in [1.54, 1.807) is 7.11 Å². The van der Waals surface area contributed by atoms with E-state index in [-0.39, 0.29) is 12.6 Å². The number of unbranched alkanes of at least 4 members (excludes halogenated alkanes) is 16. The summed E-state index contributed by atoms with van der Waals surface area (Å²) in [7, 11) is 1.65. The molecule has 2 aliphatic rings. The largest absolute Gasteiger partial charge is 0.465 e. The molecule has 0 aliphatic heterocycles. The first-order valence-electron chi connectivity index (χ1n) is 15.9. The molecule has 3 heteroatoms. The molecule has 3 nitrogen and oxygen atoms in total. The van der Waals surface area contributed by atoms with Crippen LogP contribution in [0.4, 0.5) is 0 Å². The van der Waals surface area contributed by atoms with Crippen molar-refractivity contribution in [2.24, 2.45) is 0 Å². The highest BCUT2D eigenvalue weighted by Crippen LogP contribution is 2.38. The van der Waals surface area contributed by atoms with Crippen LogP contribution >= 0.6 is 0 Å². The highest BCUT2D eigenvalue weighted by Gasteiger charge is 2.17. The number of methoxy groups -OCH3 is 1. The predicted molar refractivity (Wildman–Crippen MR) is 163 cm³/mol. The lowest BCUT2D eigenvalue weighted by Crippen LogP contribution is -2.23. The maximum atomic E-state index is 6.25. The number of ether oxygens (including phenoxy) is 3. The number of hydrogen-bond donors (Lipinski definition) is 0. The number of rotatable bonds is 23. The average Bonchev–Trinajstić information content (AvgIpc) is 3.22. The van der Waals surface area contributed by atoms with Gasteiger partial charge in [-0.3, -0.25) is 0 Å². The molecule has 0 amide bonds. The summed E-state index contributed by atoms with van der Waals surface area (Å²) >= 11 is 0. The van der Waals surface area contributed by atoms with Crippen molar-refractivity contribution >= 4 is 0 Å². The van der Waals surface area contributed by atoms with Gasteiger partial charge >= 0.3 is 0 Å². The van der Waals surface area contributed by atoms with Gasteiger partial charge in [0.15, 0.2) is 12.6 Å². The summed E-state index contributed by atoms with van der Waals surface area (Å²) in [6.07, 6.45) is 24.3. The smallest absolute Gasteiger partial charge is 0.199 e. The van der Waals surface area contributed by atoms with E-state index in [0.717, 1.165) is 12.2 Å². The van der Waals surface area contributed by atoms with Crippen LogP contribution in [-0.4, -0.2) is 19.7 Å². The van der Waals surface area contributed by atoms with Crippen LogP contribution in [0, 0.1) is 6.92 Å². The second kappa shape index (κ2) is 20.3. The monoisotopic (exact) mass is 526 g/mol. The molecule has 0 saturated carbocycles. The van der Waals surface area contributed by atoms with E-state index in [1.165, 1.54) is 131 Å². The molecule has 2 atom stereocenters. The van der Waals surface area contributed by atoms with E-state index in [9.17, 15) is 0 Å².